The average Bonchev–Trinajstić information content (AvgIpc) is 3.22. The average molecular weight is 529 g/mol. The van der Waals surface area contributed by atoms with Crippen molar-refractivity contribution in [3.05, 3.63) is 83.0 Å². The highest BCUT2D eigenvalue weighted by Crippen LogP contribution is 2.38. The van der Waals surface area contributed by atoms with E-state index in [0.717, 1.165) is 54.1 Å². The number of rotatable bonds is 8. The molecular formula is C31H36N4O4. The van der Waals surface area contributed by atoms with Crippen LogP contribution in [-0.4, -0.2) is 49.1 Å². The largest absolute Gasteiger partial charge is 0.497 e. The second kappa shape index (κ2) is 11.4. The first-order valence-corrected chi connectivity index (χ1v) is 13.5. The summed E-state index contributed by atoms with van der Waals surface area (Å²) in [6, 6.07) is 17.6. The highest BCUT2D eigenvalue weighted by atomic mass is 16.5. The number of nitrogens with one attached hydrogen (secondary N) is 2. The fraction of sp³-hybridized carbons (Fsp3) is 0.387. The maximum atomic E-state index is 13.1. The number of benzene rings is 2. The summed E-state index contributed by atoms with van der Waals surface area (Å²) >= 11 is 0. The summed E-state index contributed by atoms with van der Waals surface area (Å²) in [4.78, 5) is 33.0. The van der Waals surface area contributed by atoms with Gasteiger partial charge < -0.3 is 25.0 Å². The van der Waals surface area contributed by atoms with E-state index in [1.165, 1.54) is 0 Å². The Labute approximate surface area is 229 Å². The lowest BCUT2D eigenvalue weighted by Gasteiger charge is -2.40. The number of nitrogens with zero attached hydrogens (tertiary/aromatic N) is 2. The molecule has 204 valence electrons. The number of fused-ring (bicyclic) bond motifs is 2. The third-order valence-electron chi connectivity index (χ3n) is 8.03. The molecule has 2 N–H and O–H groups in total. The van der Waals surface area contributed by atoms with Crippen LogP contribution in [0.1, 0.15) is 70.5 Å². The number of methoxy groups -OCH3 is 2. The molecule has 3 aromatic rings. The summed E-state index contributed by atoms with van der Waals surface area (Å²) in [7, 11) is 3.25. The summed E-state index contributed by atoms with van der Waals surface area (Å²) in [5, 5.41) is 6.31. The maximum absolute atomic E-state index is 13.1. The fourth-order valence-electron chi connectivity index (χ4n) is 5.96. The Morgan fingerprint density at radius 2 is 1.72 bits per heavy atom. The van der Waals surface area contributed by atoms with Crippen molar-refractivity contribution in [2.75, 3.05) is 19.1 Å². The van der Waals surface area contributed by atoms with E-state index >= 15 is 0 Å². The molecule has 4 atom stereocenters. The molecule has 1 unspecified atom stereocenters. The monoisotopic (exact) mass is 528 g/mol. The zero-order valence-electron chi connectivity index (χ0n) is 22.9. The van der Waals surface area contributed by atoms with Gasteiger partial charge in [0, 0.05) is 35.4 Å². The molecule has 2 saturated heterocycles. The number of aromatic nitrogens is 1. The van der Waals surface area contributed by atoms with Crippen molar-refractivity contribution in [3.63, 3.8) is 0 Å². The van der Waals surface area contributed by atoms with Crippen LogP contribution in [0.3, 0.4) is 0 Å². The standard InChI is InChI=1S/C31H36N4O4/c1-19-27(9-6-10-28(19)39-4)31(37)34-23-16-24-12-13-25(17-23)35(24)29-14-11-22(18-32-29)30(36)33-20(2)21-7-5-8-26(15-21)38-3/h5-11,14-15,18,20,23-25H,12-13,16-17H2,1-4H3,(H,33,36)(H,34,37)/t20-,23?,24-,25+/m0/s1. The van der Waals surface area contributed by atoms with Crippen LogP contribution >= 0.6 is 0 Å². The van der Waals surface area contributed by atoms with Gasteiger partial charge in [-0.2, -0.15) is 0 Å². The molecule has 2 fully saturated rings. The minimum absolute atomic E-state index is 0.0547. The SMILES string of the molecule is COc1cccc([C@H](C)NC(=O)c2ccc(N3[C@@H]4CC[C@H]3CC(NC(=O)c3cccc(OC)c3C)C4)nc2)c1. The number of amides is 2. The molecule has 2 bridgehead atoms. The lowest BCUT2D eigenvalue weighted by molar-refractivity contribution is 0.0922. The minimum atomic E-state index is -0.168. The third kappa shape index (κ3) is 5.55. The van der Waals surface area contributed by atoms with E-state index in [9.17, 15) is 9.59 Å². The molecule has 8 nitrogen and oxygen atoms in total. The smallest absolute Gasteiger partial charge is 0.253 e. The molecule has 5 rings (SSSR count). The van der Waals surface area contributed by atoms with Gasteiger partial charge in [0.2, 0.25) is 0 Å². The van der Waals surface area contributed by atoms with E-state index < -0.39 is 0 Å². The van der Waals surface area contributed by atoms with Crippen LogP contribution in [0.15, 0.2) is 60.8 Å². The molecule has 2 aliphatic heterocycles. The molecule has 0 aliphatic carbocycles. The van der Waals surface area contributed by atoms with Crippen LogP contribution < -0.4 is 25.0 Å². The Balaban J connectivity index is 1.20. The van der Waals surface area contributed by atoms with Crippen LogP contribution in [0, 0.1) is 6.92 Å². The topological polar surface area (TPSA) is 92.8 Å². The zero-order valence-corrected chi connectivity index (χ0v) is 22.9. The predicted molar refractivity (Wildman–Crippen MR) is 151 cm³/mol. The van der Waals surface area contributed by atoms with E-state index in [1.807, 2.05) is 68.4 Å². The molecule has 3 heterocycles. The van der Waals surface area contributed by atoms with Gasteiger partial charge in [-0.1, -0.05) is 18.2 Å². The fourth-order valence-corrected chi connectivity index (χ4v) is 5.96. The van der Waals surface area contributed by atoms with Crippen molar-refractivity contribution in [2.45, 2.75) is 63.7 Å². The second-order valence-electron chi connectivity index (χ2n) is 10.4. The predicted octanol–water partition coefficient (Wildman–Crippen LogP) is 4.83. The number of hydrogen-bond acceptors (Lipinski definition) is 6. The highest BCUT2D eigenvalue weighted by Gasteiger charge is 2.42. The van der Waals surface area contributed by atoms with Gasteiger partial charge in [-0.3, -0.25) is 9.59 Å². The molecule has 0 saturated carbocycles. The minimum Gasteiger partial charge on any atom is -0.497 e. The number of hydrogen-bond donors (Lipinski definition) is 2. The Bertz CT molecular complexity index is 1330. The van der Waals surface area contributed by atoms with Crippen molar-refractivity contribution >= 4 is 17.6 Å². The molecule has 0 spiro atoms. The summed E-state index contributed by atoms with van der Waals surface area (Å²) in [6.07, 6.45) is 5.52. The second-order valence-corrected chi connectivity index (χ2v) is 10.4. The summed E-state index contributed by atoms with van der Waals surface area (Å²) in [5.41, 5.74) is 3.00. The molecule has 0 radical (unpaired) electrons. The van der Waals surface area contributed by atoms with E-state index in [1.54, 1.807) is 20.4 Å². The molecular weight excluding hydrogens is 492 g/mol. The molecule has 1 aromatic heterocycles. The Kier molecular flexibility index (Phi) is 7.72. The van der Waals surface area contributed by atoms with Gasteiger partial charge in [0.1, 0.15) is 17.3 Å². The quantitative estimate of drug-likeness (QED) is 0.435. The molecule has 2 amide bonds. The normalized spacial score (nSPS) is 20.7. The van der Waals surface area contributed by atoms with Gasteiger partial charge in [-0.05, 0) is 81.5 Å². The third-order valence-corrected chi connectivity index (χ3v) is 8.03. The van der Waals surface area contributed by atoms with Gasteiger partial charge >= 0.3 is 0 Å². The number of anilines is 1. The first-order chi connectivity index (χ1) is 18.9. The Morgan fingerprint density at radius 1 is 0.974 bits per heavy atom. The van der Waals surface area contributed by atoms with Crippen molar-refractivity contribution in [3.8, 4) is 11.5 Å². The lowest BCUT2D eigenvalue weighted by Crippen LogP contribution is -2.50. The maximum Gasteiger partial charge on any atom is 0.253 e. The Morgan fingerprint density at radius 3 is 2.38 bits per heavy atom. The number of ether oxygens (including phenoxy) is 2. The van der Waals surface area contributed by atoms with E-state index in [2.05, 4.69) is 20.5 Å². The van der Waals surface area contributed by atoms with E-state index in [-0.39, 0.29) is 23.9 Å². The number of pyridine rings is 1. The summed E-state index contributed by atoms with van der Waals surface area (Å²) in [5.74, 6) is 2.14. The van der Waals surface area contributed by atoms with E-state index in [4.69, 9.17) is 9.47 Å². The summed E-state index contributed by atoms with van der Waals surface area (Å²) < 4.78 is 10.7. The van der Waals surface area contributed by atoms with Gasteiger partial charge in [-0.25, -0.2) is 4.98 Å². The number of piperidine rings is 1. The van der Waals surface area contributed by atoms with Crippen molar-refractivity contribution < 1.29 is 19.1 Å². The van der Waals surface area contributed by atoms with E-state index in [0.29, 0.717) is 23.2 Å². The van der Waals surface area contributed by atoms with Crippen LogP contribution in [0.5, 0.6) is 11.5 Å². The molecule has 39 heavy (non-hydrogen) atoms. The van der Waals surface area contributed by atoms with Crippen molar-refractivity contribution in [1.29, 1.82) is 0 Å². The van der Waals surface area contributed by atoms with Gasteiger partial charge in [0.05, 0.1) is 25.8 Å². The first-order valence-electron chi connectivity index (χ1n) is 13.5. The van der Waals surface area contributed by atoms with Crippen LogP contribution in [0.25, 0.3) is 0 Å². The van der Waals surface area contributed by atoms with Gasteiger partial charge in [0.15, 0.2) is 0 Å². The van der Waals surface area contributed by atoms with Crippen LogP contribution in [0.2, 0.25) is 0 Å². The first kappa shape index (κ1) is 26.5. The van der Waals surface area contributed by atoms with Gasteiger partial charge in [-0.15, -0.1) is 0 Å². The lowest BCUT2D eigenvalue weighted by atomic mass is 9.96. The zero-order chi connectivity index (χ0) is 27.5. The molecule has 2 aliphatic rings. The van der Waals surface area contributed by atoms with Crippen molar-refractivity contribution in [2.24, 2.45) is 0 Å². The molecule has 8 heteroatoms. The van der Waals surface area contributed by atoms with Crippen LogP contribution in [-0.2, 0) is 0 Å². The summed E-state index contributed by atoms with van der Waals surface area (Å²) in [6.45, 7) is 3.86. The van der Waals surface area contributed by atoms with Crippen LogP contribution in [0.4, 0.5) is 5.82 Å². The van der Waals surface area contributed by atoms with Crippen molar-refractivity contribution in [1.82, 2.24) is 15.6 Å². The van der Waals surface area contributed by atoms with Gasteiger partial charge in [0.25, 0.3) is 11.8 Å². The number of carbonyl (C=O) groups excluding carboxylic acids is 2. The molecule has 2 aromatic carbocycles. The Hall–Kier alpha value is -4.07. The highest BCUT2D eigenvalue weighted by molar-refractivity contribution is 5.96. The number of carbonyl (C=O) groups is 2.